The van der Waals surface area contributed by atoms with Crippen LogP contribution in [0.1, 0.15) is 38.8 Å². The number of rotatable bonds is 4. The van der Waals surface area contributed by atoms with E-state index in [1.165, 1.54) is 18.3 Å². The van der Waals surface area contributed by atoms with E-state index in [0.717, 1.165) is 0 Å². The van der Waals surface area contributed by atoms with Gasteiger partial charge in [-0.1, -0.05) is 0 Å². The van der Waals surface area contributed by atoms with Crippen molar-refractivity contribution in [2.24, 2.45) is 0 Å². The van der Waals surface area contributed by atoms with Crippen LogP contribution >= 0.6 is 0 Å². The van der Waals surface area contributed by atoms with Crippen LogP contribution in [0.15, 0.2) is 42.6 Å². The van der Waals surface area contributed by atoms with E-state index in [-0.39, 0.29) is 35.1 Å². The smallest absolute Gasteiger partial charge is 0.251 e. The molecular weight excluding hydrogens is 399 g/mol. The summed E-state index contributed by atoms with van der Waals surface area (Å²) in [5.74, 6) is -0.726. The van der Waals surface area contributed by atoms with Crippen molar-refractivity contribution < 1.29 is 19.1 Å². The highest BCUT2D eigenvalue weighted by atomic mass is 19.1. The SMILES string of the molecule is CCNC(=O)c1ccc2c(c1)CC(=O)c1c(Nc3cc(O)c(C)cc3F)ccnc1N2. The number of phenols is 1. The summed E-state index contributed by atoms with van der Waals surface area (Å²) in [6.07, 6.45) is 1.55. The van der Waals surface area contributed by atoms with Gasteiger partial charge in [-0.3, -0.25) is 9.59 Å². The molecule has 0 saturated carbocycles. The van der Waals surface area contributed by atoms with Crippen molar-refractivity contribution in [3.63, 3.8) is 0 Å². The minimum Gasteiger partial charge on any atom is -0.508 e. The molecule has 0 aliphatic carbocycles. The molecule has 31 heavy (non-hydrogen) atoms. The number of aromatic nitrogens is 1. The molecule has 1 aliphatic rings. The van der Waals surface area contributed by atoms with E-state index in [4.69, 9.17) is 0 Å². The molecule has 158 valence electrons. The van der Waals surface area contributed by atoms with Crippen molar-refractivity contribution in [2.45, 2.75) is 20.3 Å². The number of halogens is 1. The fraction of sp³-hybridized carbons (Fsp3) is 0.174. The van der Waals surface area contributed by atoms with Crippen LogP contribution in [0.2, 0.25) is 0 Å². The largest absolute Gasteiger partial charge is 0.508 e. The molecule has 4 rings (SSSR count). The summed E-state index contributed by atoms with van der Waals surface area (Å²) >= 11 is 0. The molecule has 0 unspecified atom stereocenters. The van der Waals surface area contributed by atoms with E-state index >= 15 is 0 Å². The lowest BCUT2D eigenvalue weighted by atomic mass is 10.0. The lowest BCUT2D eigenvalue weighted by Gasteiger charge is -2.14. The summed E-state index contributed by atoms with van der Waals surface area (Å²) in [5, 5.41) is 18.7. The van der Waals surface area contributed by atoms with E-state index < -0.39 is 5.82 Å². The second kappa shape index (κ2) is 8.06. The van der Waals surface area contributed by atoms with Gasteiger partial charge in [0.2, 0.25) is 0 Å². The van der Waals surface area contributed by atoms with Crippen LogP contribution in [-0.4, -0.2) is 28.3 Å². The van der Waals surface area contributed by atoms with Crippen LogP contribution in [0.25, 0.3) is 0 Å². The minimum absolute atomic E-state index is 0.0459. The summed E-state index contributed by atoms with van der Waals surface area (Å²) in [6.45, 7) is 3.93. The number of phenolic OH excluding ortho intramolecular Hbond substituents is 1. The number of anilines is 4. The molecule has 2 heterocycles. The Morgan fingerprint density at radius 3 is 2.81 bits per heavy atom. The van der Waals surface area contributed by atoms with Crippen LogP contribution < -0.4 is 16.0 Å². The average molecular weight is 420 g/mol. The van der Waals surface area contributed by atoms with Gasteiger partial charge in [-0.25, -0.2) is 9.37 Å². The minimum atomic E-state index is -0.551. The number of Topliss-reactive ketones (excluding diaryl/α,β-unsaturated/α-hetero) is 1. The van der Waals surface area contributed by atoms with Crippen molar-refractivity contribution in [3.05, 3.63) is 70.7 Å². The third-order valence-electron chi connectivity index (χ3n) is 5.09. The number of hydrogen-bond acceptors (Lipinski definition) is 6. The molecule has 1 amide bonds. The second-order valence-electron chi connectivity index (χ2n) is 7.28. The molecule has 4 N–H and O–H groups in total. The zero-order valence-corrected chi connectivity index (χ0v) is 17.0. The number of carbonyl (C=O) groups is 2. The molecule has 0 bridgehead atoms. The van der Waals surface area contributed by atoms with Gasteiger partial charge in [0.15, 0.2) is 5.78 Å². The quantitative estimate of drug-likeness (QED) is 0.504. The maximum absolute atomic E-state index is 14.4. The van der Waals surface area contributed by atoms with Crippen molar-refractivity contribution in [1.82, 2.24) is 10.3 Å². The van der Waals surface area contributed by atoms with Crippen molar-refractivity contribution in [3.8, 4) is 5.75 Å². The van der Waals surface area contributed by atoms with E-state index in [1.807, 2.05) is 6.92 Å². The first-order valence-corrected chi connectivity index (χ1v) is 9.84. The summed E-state index contributed by atoms with van der Waals surface area (Å²) < 4.78 is 14.4. The van der Waals surface area contributed by atoms with Crippen molar-refractivity contribution >= 4 is 34.6 Å². The number of aromatic hydroxyl groups is 1. The summed E-state index contributed by atoms with van der Waals surface area (Å²) in [4.78, 5) is 29.6. The Bertz CT molecular complexity index is 1210. The molecule has 0 spiro atoms. The van der Waals surface area contributed by atoms with Gasteiger partial charge in [0.05, 0.1) is 16.9 Å². The molecule has 0 radical (unpaired) electrons. The average Bonchev–Trinajstić information content (AvgIpc) is 2.87. The monoisotopic (exact) mass is 420 g/mol. The zero-order chi connectivity index (χ0) is 22.1. The van der Waals surface area contributed by atoms with E-state index in [9.17, 15) is 19.1 Å². The van der Waals surface area contributed by atoms with Crippen LogP contribution in [0.3, 0.4) is 0 Å². The predicted molar refractivity (Wildman–Crippen MR) is 116 cm³/mol. The van der Waals surface area contributed by atoms with Crippen molar-refractivity contribution in [1.29, 1.82) is 0 Å². The molecule has 1 aromatic heterocycles. The van der Waals surface area contributed by atoms with E-state index in [0.29, 0.717) is 40.4 Å². The Morgan fingerprint density at radius 1 is 1.23 bits per heavy atom. The number of amides is 1. The highest BCUT2D eigenvalue weighted by Gasteiger charge is 2.25. The van der Waals surface area contributed by atoms with Crippen LogP contribution in [0, 0.1) is 12.7 Å². The number of ketones is 1. The number of benzene rings is 2. The molecule has 8 heteroatoms. The van der Waals surface area contributed by atoms with E-state index in [2.05, 4.69) is 20.9 Å². The fourth-order valence-corrected chi connectivity index (χ4v) is 3.50. The number of nitrogens with one attached hydrogen (secondary N) is 3. The van der Waals surface area contributed by atoms with Crippen LogP contribution in [0.4, 0.5) is 27.3 Å². The number of hydrogen-bond donors (Lipinski definition) is 4. The normalized spacial score (nSPS) is 12.3. The lowest BCUT2D eigenvalue weighted by molar-refractivity contribution is 0.0952. The Hall–Kier alpha value is -3.94. The van der Waals surface area contributed by atoms with Crippen molar-refractivity contribution in [2.75, 3.05) is 17.2 Å². The summed E-state index contributed by atoms with van der Waals surface area (Å²) in [6, 6.07) is 9.17. The Labute approximate surface area is 178 Å². The van der Waals surface area contributed by atoms with Gasteiger partial charge >= 0.3 is 0 Å². The standard InChI is InChI=1S/C23H21FN4O3/c1-3-25-23(31)13-4-5-16-14(9-13)10-20(30)21-17(6-7-26-22(21)28-16)27-18-11-19(29)12(2)8-15(18)24/h4-9,11,29H,3,10H2,1-2H3,(H,25,31)(H2,26,27,28). The Kier molecular flexibility index (Phi) is 5.29. The van der Waals surface area contributed by atoms with Gasteiger partial charge in [-0.2, -0.15) is 0 Å². The predicted octanol–water partition coefficient (Wildman–Crippen LogP) is 4.21. The van der Waals surface area contributed by atoms with Gasteiger partial charge in [-0.15, -0.1) is 0 Å². The first kappa shape index (κ1) is 20.3. The summed E-state index contributed by atoms with van der Waals surface area (Å²) in [7, 11) is 0. The Morgan fingerprint density at radius 2 is 2.03 bits per heavy atom. The van der Waals surface area contributed by atoms with Gasteiger partial charge < -0.3 is 21.1 Å². The van der Waals surface area contributed by atoms with Gasteiger partial charge in [0.25, 0.3) is 5.91 Å². The first-order valence-electron chi connectivity index (χ1n) is 9.84. The number of nitrogens with zero attached hydrogens (tertiary/aromatic N) is 1. The molecular formula is C23H21FN4O3. The lowest BCUT2D eigenvalue weighted by Crippen LogP contribution is -2.22. The fourth-order valence-electron chi connectivity index (χ4n) is 3.50. The molecule has 0 atom stereocenters. The number of fused-ring (bicyclic) bond motifs is 2. The third-order valence-corrected chi connectivity index (χ3v) is 5.09. The van der Waals surface area contributed by atoms with Crippen LogP contribution in [0.5, 0.6) is 5.75 Å². The highest BCUT2D eigenvalue weighted by molar-refractivity contribution is 6.09. The van der Waals surface area contributed by atoms with Gasteiger partial charge in [0, 0.05) is 36.5 Å². The molecule has 0 fully saturated rings. The van der Waals surface area contributed by atoms with Gasteiger partial charge in [0.1, 0.15) is 17.4 Å². The number of pyridine rings is 1. The maximum Gasteiger partial charge on any atom is 0.251 e. The molecule has 0 saturated heterocycles. The Balaban J connectivity index is 1.71. The topological polar surface area (TPSA) is 103 Å². The molecule has 7 nitrogen and oxygen atoms in total. The highest BCUT2D eigenvalue weighted by Crippen LogP contribution is 2.35. The maximum atomic E-state index is 14.4. The van der Waals surface area contributed by atoms with Crippen LogP contribution in [-0.2, 0) is 6.42 Å². The third kappa shape index (κ3) is 3.92. The summed E-state index contributed by atoms with van der Waals surface area (Å²) in [5.41, 5.74) is 2.89. The number of aryl methyl sites for hydroxylation is 1. The van der Waals surface area contributed by atoms with Gasteiger partial charge in [-0.05, 0) is 55.3 Å². The number of carbonyl (C=O) groups excluding carboxylic acids is 2. The molecule has 1 aliphatic heterocycles. The molecule has 3 aromatic rings. The second-order valence-corrected chi connectivity index (χ2v) is 7.28. The zero-order valence-electron chi connectivity index (χ0n) is 17.0. The molecule has 2 aromatic carbocycles. The van der Waals surface area contributed by atoms with E-state index in [1.54, 1.807) is 31.2 Å². The first-order chi connectivity index (χ1) is 14.9.